The highest BCUT2D eigenvalue weighted by Gasteiger charge is 2.26. The molecule has 0 bridgehead atoms. The molecular formula is C26H31N3O4. The van der Waals surface area contributed by atoms with Gasteiger partial charge in [-0.2, -0.15) is 0 Å². The van der Waals surface area contributed by atoms with Gasteiger partial charge in [-0.1, -0.05) is 23.4 Å². The molecule has 0 radical (unpaired) electrons. The van der Waals surface area contributed by atoms with E-state index >= 15 is 0 Å². The minimum atomic E-state index is -0.105. The van der Waals surface area contributed by atoms with Gasteiger partial charge in [0, 0.05) is 17.7 Å². The maximum Gasteiger partial charge on any atom is 0.251 e. The summed E-state index contributed by atoms with van der Waals surface area (Å²) in [6, 6.07) is 15.3. The van der Waals surface area contributed by atoms with Crippen LogP contribution in [0.1, 0.15) is 51.8 Å². The van der Waals surface area contributed by atoms with Gasteiger partial charge in [0.05, 0.1) is 24.4 Å². The van der Waals surface area contributed by atoms with Crippen LogP contribution in [0.15, 0.2) is 53.1 Å². The van der Waals surface area contributed by atoms with Gasteiger partial charge in [-0.05, 0) is 70.1 Å². The Bertz CT molecular complexity index is 1050. The number of nitrogens with one attached hydrogen (secondary N) is 1. The third-order valence-corrected chi connectivity index (χ3v) is 6.22. The van der Waals surface area contributed by atoms with Crippen LogP contribution in [-0.4, -0.2) is 42.7 Å². The molecule has 3 aromatic rings. The smallest absolute Gasteiger partial charge is 0.251 e. The van der Waals surface area contributed by atoms with Crippen LogP contribution in [0.5, 0.6) is 11.5 Å². The molecule has 1 aliphatic rings. The van der Waals surface area contributed by atoms with E-state index < -0.39 is 0 Å². The molecule has 1 N–H and O–H groups in total. The molecule has 1 fully saturated rings. The van der Waals surface area contributed by atoms with E-state index in [0.29, 0.717) is 24.5 Å². The molecule has 1 unspecified atom stereocenters. The number of likely N-dealkylation sites (tertiary alicyclic amines) is 1. The van der Waals surface area contributed by atoms with E-state index in [1.165, 1.54) is 12.8 Å². The second-order valence-corrected chi connectivity index (χ2v) is 8.33. The van der Waals surface area contributed by atoms with Crippen molar-refractivity contribution >= 4 is 5.91 Å². The first-order valence-electron chi connectivity index (χ1n) is 11.4. The van der Waals surface area contributed by atoms with E-state index in [1.807, 2.05) is 44.2 Å². The molecule has 7 heteroatoms. The second kappa shape index (κ2) is 10.5. The maximum atomic E-state index is 12.9. The fourth-order valence-electron chi connectivity index (χ4n) is 4.29. The maximum absolute atomic E-state index is 12.9. The van der Waals surface area contributed by atoms with Gasteiger partial charge in [0.1, 0.15) is 23.9 Å². The summed E-state index contributed by atoms with van der Waals surface area (Å²) >= 11 is 0. The number of methoxy groups -OCH3 is 1. The van der Waals surface area contributed by atoms with Gasteiger partial charge in [-0.3, -0.25) is 9.69 Å². The van der Waals surface area contributed by atoms with Crippen LogP contribution in [0.25, 0.3) is 0 Å². The van der Waals surface area contributed by atoms with Gasteiger partial charge in [0.15, 0.2) is 0 Å². The van der Waals surface area contributed by atoms with Crippen LogP contribution in [-0.2, 0) is 6.61 Å². The zero-order chi connectivity index (χ0) is 23.2. The van der Waals surface area contributed by atoms with Crippen molar-refractivity contribution < 1.29 is 18.8 Å². The van der Waals surface area contributed by atoms with E-state index in [1.54, 1.807) is 19.2 Å². The fourth-order valence-corrected chi connectivity index (χ4v) is 4.29. The number of aromatic nitrogens is 1. The summed E-state index contributed by atoms with van der Waals surface area (Å²) in [4.78, 5) is 15.3. The number of rotatable bonds is 9. The largest absolute Gasteiger partial charge is 0.496 e. The summed E-state index contributed by atoms with van der Waals surface area (Å²) < 4.78 is 16.6. The number of hydrogen-bond acceptors (Lipinski definition) is 6. The summed E-state index contributed by atoms with van der Waals surface area (Å²) in [6.07, 6.45) is 2.35. The van der Waals surface area contributed by atoms with Gasteiger partial charge in [0.2, 0.25) is 0 Å². The van der Waals surface area contributed by atoms with Gasteiger partial charge < -0.3 is 19.3 Å². The van der Waals surface area contributed by atoms with E-state index in [9.17, 15) is 4.79 Å². The van der Waals surface area contributed by atoms with Crippen molar-refractivity contribution in [3.8, 4) is 11.5 Å². The quantitative estimate of drug-likeness (QED) is 0.520. The Hall–Kier alpha value is -3.32. The van der Waals surface area contributed by atoms with Crippen molar-refractivity contribution in [1.82, 2.24) is 15.4 Å². The first-order chi connectivity index (χ1) is 16.1. The molecule has 0 saturated carbocycles. The van der Waals surface area contributed by atoms with E-state index in [-0.39, 0.29) is 11.9 Å². The number of carbonyl (C=O) groups excluding carboxylic acids is 1. The molecule has 4 rings (SSSR count). The predicted molar refractivity (Wildman–Crippen MR) is 126 cm³/mol. The number of hydrogen-bond donors (Lipinski definition) is 1. The lowest BCUT2D eigenvalue weighted by Crippen LogP contribution is -2.37. The molecule has 0 aliphatic carbocycles. The number of carbonyl (C=O) groups is 1. The molecule has 1 atom stereocenters. The molecule has 2 heterocycles. The molecule has 0 spiro atoms. The standard InChI is InChI=1S/C26H31N3O4/c1-18-23(19(2)33-28-18)17-32-21-12-10-20(11-13-21)26(30)27-16-24(29-14-6-7-15-29)22-8-4-5-9-25(22)31-3/h4-5,8-13,24H,6-7,14-17H2,1-3H3,(H,27,30). The lowest BCUT2D eigenvalue weighted by molar-refractivity contribution is 0.0937. The highest BCUT2D eigenvalue weighted by Crippen LogP contribution is 2.31. The fraction of sp³-hybridized carbons (Fsp3) is 0.385. The minimum absolute atomic E-state index is 0.0743. The first-order valence-corrected chi connectivity index (χ1v) is 11.4. The molecule has 7 nitrogen and oxygen atoms in total. The van der Waals surface area contributed by atoms with Gasteiger partial charge in [-0.25, -0.2) is 0 Å². The van der Waals surface area contributed by atoms with Gasteiger partial charge >= 0.3 is 0 Å². The van der Waals surface area contributed by atoms with Crippen molar-refractivity contribution in [3.05, 3.63) is 76.7 Å². The molecule has 1 saturated heterocycles. The van der Waals surface area contributed by atoms with Crippen molar-refractivity contribution in [2.24, 2.45) is 0 Å². The summed E-state index contributed by atoms with van der Waals surface area (Å²) in [7, 11) is 1.69. The number of nitrogens with zero attached hydrogens (tertiary/aromatic N) is 2. The average Bonchev–Trinajstić information content (AvgIpc) is 3.48. The Kier molecular flexibility index (Phi) is 7.29. The summed E-state index contributed by atoms with van der Waals surface area (Å²) in [5.74, 6) is 2.19. The summed E-state index contributed by atoms with van der Waals surface area (Å²) in [6.45, 7) is 6.70. The Balaban J connectivity index is 1.39. The van der Waals surface area contributed by atoms with Crippen molar-refractivity contribution in [3.63, 3.8) is 0 Å². The number of amides is 1. The van der Waals surface area contributed by atoms with Crippen LogP contribution < -0.4 is 14.8 Å². The Morgan fingerprint density at radius 2 is 1.85 bits per heavy atom. The lowest BCUT2D eigenvalue weighted by atomic mass is 10.0. The van der Waals surface area contributed by atoms with Crippen molar-refractivity contribution in [2.45, 2.75) is 39.3 Å². The predicted octanol–water partition coefficient (Wildman–Crippen LogP) is 4.45. The van der Waals surface area contributed by atoms with E-state index in [2.05, 4.69) is 21.4 Å². The number of benzene rings is 2. The van der Waals surface area contributed by atoms with Crippen molar-refractivity contribution in [1.29, 1.82) is 0 Å². The van der Waals surface area contributed by atoms with E-state index in [0.717, 1.165) is 41.4 Å². The third-order valence-electron chi connectivity index (χ3n) is 6.22. The Morgan fingerprint density at radius 1 is 1.12 bits per heavy atom. The zero-order valence-corrected chi connectivity index (χ0v) is 19.5. The second-order valence-electron chi connectivity index (χ2n) is 8.33. The van der Waals surface area contributed by atoms with Crippen LogP contribution in [0.3, 0.4) is 0 Å². The summed E-state index contributed by atoms with van der Waals surface area (Å²) in [5.41, 5.74) is 3.47. The summed E-state index contributed by atoms with van der Waals surface area (Å²) in [5, 5.41) is 7.06. The van der Waals surface area contributed by atoms with Crippen LogP contribution in [0.4, 0.5) is 0 Å². The van der Waals surface area contributed by atoms with Gasteiger partial charge in [-0.15, -0.1) is 0 Å². The van der Waals surface area contributed by atoms with Crippen molar-refractivity contribution in [2.75, 3.05) is 26.7 Å². The Morgan fingerprint density at radius 3 is 2.52 bits per heavy atom. The molecule has 2 aromatic carbocycles. The number of para-hydroxylation sites is 1. The number of aryl methyl sites for hydroxylation is 2. The first kappa shape index (κ1) is 22.9. The lowest BCUT2D eigenvalue weighted by Gasteiger charge is -2.29. The van der Waals surface area contributed by atoms with Crippen LogP contribution >= 0.6 is 0 Å². The number of ether oxygens (including phenoxy) is 2. The Labute approximate surface area is 194 Å². The molecule has 33 heavy (non-hydrogen) atoms. The third kappa shape index (κ3) is 5.37. The highest BCUT2D eigenvalue weighted by molar-refractivity contribution is 5.94. The monoisotopic (exact) mass is 449 g/mol. The van der Waals surface area contributed by atoms with Gasteiger partial charge in [0.25, 0.3) is 5.91 Å². The van der Waals surface area contributed by atoms with Crippen LogP contribution in [0, 0.1) is 13.8 Å². The minimum Gasteiger partial charge on any atom is -0.496 e. The average molecular weight is 450 g/mol. The molecule has 174 valence electrons. The molecular weight excluding hydrogens is 418 g/mol. The SMILES string of the molecule is COc1ccccc1C(CNC(=O)c1ccc(OCc2c(C)noc2C)cc1)N1CCCC1. The van der Waals surface area contributed by atoms with E-state index in [4.69, 9.17) is 14.0 Å². The molecule has 1 aromatic heterocycles. The van der Waals surface area contributed by atoms with Crippen LogP contribution in [0.2, 0.25) is 0 Å². The topological polar surface area (TPSA) is 76.8 Å². The zero-order valence-electron chi connectivity index (χ0n) is 19.5. The highest BCUT2D eigenvalue weighted by atomic mass is 16.5. The normalized spacial score (nSPS) is 14.8. The molecule has 1 aliphatic heterocycles. The molecule has 1 amide bonds.